The average molecular weight is 308 g/mol. The molecule has 0 saturated carbocycles. The fraction of sp³-hybridized carbons (Fsp3) is 0.278. The Morgan fingerprint density at radius 1 is 1.26 bits per heavy atom. The number of aromatic nitrogens is 3. The van der Waals surface area contributed by atoms with Crippen LogP contribution in [0.1, 0.15) is 35.7 Å². The third kappa shape index (κ3) is 3.23. The van der Waals surface area contributed by atoms with Gasteiger partial charge in [-0.3, -0.25) is 9.78 Å². The molecule has 1 unspecified atom stereocenters. The molecule has 0 aliphatic rings. The number of aromatic amines is 1. The molecule has 118 valence electrons. The van der Waals surface area contributed by atoms with Crippen molar-refractivity contribution in [3.05, 3.63) is 60.2 Å². The van der Waals surface area contributed by atoms with E-state index in [0.29, 0.717) is 18.0 Å². The topological polar surface area (TPSA) is 70.7 Å². The zero-order valence-electron chi connectivity index (χ0n) is 13.3. The van der Waals surface area contributed by atoms with Crippen molar-refractivity contribution in [1.82, 2.24) is 20.3 Å². The molecule has 5 nitrogen and oxygen atoms in total. The molecular formula is C18H20N4O. The number of hydrogen-bond donors (Lipinski definition) is 2. The van der Waals surface area contributed by atoms with Gasteiger partial charge in [0.2, 0.25) is 0 Å². The third-order valence-electron chi connectivity index (χ3n) is 4.10. The van der Waals surface area contributed by atoms with Gasteiger partial charge in [0.05, 0.1) is 5.56 Å². The maximum absolute atomic E-state index is 12.5. The minimum atomic E-state index is -0.0845. The molecule has 1 atom stereocenters. The van der Waals surface area contributed by atoms with Crippen LogP contribution in [0.5, 0.6) is 0 Å². The van der Waals surface area contributed by atoms with E-state index in [1.807, 2.05) is 24.4 Å². The summed E-state index contributed by atoms with van der Waals surface area (Å²) >= 11 is 0. The van der Waals surface area contributed by atoms with Gasteiger partial charge in [-0.15, -0.1) is 0 Å². The first kappa shape index (κ1) is 15.2. The Morgan fingerprint density at radius 2 is 2.09 bits per heavy atom. The Morgan fingerprint density at radius 3 is 2.83 bits per heavy atom. The number of nitrogens with zero attached hydrogens (tertiary/aromatic N) is 2. The van der Waals surface area contributed by atoms with Crippen LogP contribution in [0, 0.1) is 5.92 Å². The highest BCUT2D eigenvalue weighted by Gasteiger charge is 2.19. The van der Waals surface area contributed by atoms with E-state index >= 15 is 0 Å². The third-order valence-corrected chi connectivity index (χ3v) is 4.10. The molecule has 0 spiro atoms. The molecule has 0 radical (unpaired) electrons. The summed E-state index contributed by atoms with van der Waals surface area (Å²) < 4.78 is 0. The molecule has 5 heteroatoms. The summed E-state index contributed by atoms with van der Waals surface area (Å²) in [6.07, 6.45) is 7.05. The first-order valence-electron chi connectivity index (χ1n) is 7.77. The molecule has 0 saturated heterocycles. The number of hydrogen-bond acceptors (Lipinski definition) is 3. The van der Waals surface area contributed by atoms with Crippen LogP contribution in [0.4, 0.5) is 0 Å². The number of nitrogens with one attached hydrogen (secondary N) is 2. The number of rotatable bonds is 5. The van der Waals surface area contributed by atoms with E-state index < -0.39 is 0 Å². The Balaban J connectivity index is 1.75. The molecule has 0 fully saturated rings. The van der Waals surface area contributed by atoms with Crippen LogP contribution in [0.3, 0.4) is 0 Å². The molecule has 0 bridgehead atoms. The first-order valence-corrected chi connectivity index (χ1v) is 7.77. The lowest BCUT2D eigenvalue weighted by molar-refractivity contribution is 0.0951. The van der Waals surface area contributed by atoms with Crippen molar-refractivity contribution in [2.24, 2.45) is 5.92 Å². The van der Waals surface area contributed by atoms with Gasteiger partial charge in [0.1, 0.15) is 5.65 Å². The number of fused-ring (bicyclic) bond motifs is 1. The van der Waals surface area contributed by atoms with Crippen LogP contribution < -0.4 is 5.32 Å². The van der Waals surface area contributed by atoms with E-state index in [9.17, 15) is 4.79 Å². The highest BCUT2D eigenvalue weighted by atomic mass is 16.1. The molecule has 3 aromatic rings. The Bertz CT molecular complexity index is 795. The number of carbonyl (C=O) groups excluding carboxylic acids is 1. The zero-order chi connectivity index (χ0) is 16.2. The molecule has 3 aromatic heterocycles. The van der Waals surface area contributed by atoms with Crippen molar-refractivity contribution >= 4 is 16.9 Å². The second kappa shape index (κ2) is 6.60. The number of amides is 1. The minimum absolute atomic E-state index is 0.0845. The van der Waals surface area contributed by atoms with Gasteiger partial charge in [0.25, 0.3) is 5.91 Å². The van der Waals surface area contributed by atoms with Crippen LogP contribution in [0.15, 0.2) is 49.1 Å². The van der Waals surface area contributed by atoms with Gasteiger partial charge in [-0.1, -0.05) is 19.9 Å². The van der Waals surface area contributed by atoms with Gasteiger partial charge in [-0.05, 0) is 29.7 Å². The van der Waals surface area contributed by atoms with Crippen molar-refractivity contribution < 1.29 is 4.79 Å². The molecule has 2 N–H and O–H groups in total. The Hall–Kier alpha value is -2.69. The number of pyridine rings is 2. The van der Waals surface area contributed by atoms with Gasteiger partial charge in [0, 0.05) is 42.6 Å². The maximum Gasteiger partial charge on any atom is 0.253 e. The molecule has 0 aromatic carbocycles. The smallest absolute Gasteiger partial charge is 0.253 e. The second-order valence-electron chi connectivity index (χ2n) is 5.95. The predicted octanol–water partition coefficient (Wildman–Crippen LogP) is 3.13. The van der Waals surface area contributed by atoms with Gasteiger partial charge in [-0.2, -0.15) is 0 Å². The monoisotopic (exact) mass is 308 g/mol. The van der Waals surface area contributed by atoms with Gasteiger partial charge >= 0.3 is 0 Å². The van der Waals surface area contributed by atoms with Crippen molar-refractivity contribution in [3.8, 4) is 0 Å². The molecule has 0 aliphatic heterocycles. The zero-order valence-corrected chi connectivity index (χ0v) is 13.3. The van der Waals surface area contributed by atoms with E-state index in [-0.39, 0.29) is 11.8 Å². The summed E-state index contributed by atoms with van der Waals surface area (Å²) in [5.74, 6) is 0.555. The molecule has 1 amide bonds. The summed E-state index contributed by atoms with van der Waals surface area (Å²) in [4.78, 5) is 23.9. The van der Waals surface area contributed by atoms with Crippen molar-refractivity contribution in [1.29, 1.82) is 0 Å². The molecule has 3 rings (SSSR count). The molecule has 23 heavy (non-hydrogen) atoms. The highest BCUT2D eigenvalue weighted by Crippen LogP contribution is 2.23. The quantitative estimate of drug-likeness (QED) is 0.760. The SMILES string of the molecule is CC(C)C(CNC(=O)c1c[nH]c2ncccc12)c1cccnc1. The fourth-order valence-electron chi connectivity index (χ4n) is 2.78. The standard InChI is InChI=1S/C18H20N4O/c1-12(2)15(13-5-3-7-19-9-13)10-22-18(23)16-11-21-17-14(16)6-4-8-20-17/h3-9,11-12,15H,10H2,1-2H3,(H,20,21)(H,22,23). The summed E-state index contributed by atoms with van der Waals surface area (Å²) in [5.41, 5.74) is 2.50. The van der Waals surface area contributed by atoms with Crippen molar-refractivity contribution in [2.75, 3.05) is 6.54 Å². The Labute approximate surface area is 135 Å². The van der Waals surface area contributed by atoms with E-state index in [1.54, 1.807) is 18.6 Å². The van der Waals surface area contributed by atoms with Crippen LogP contribution in [-0.4, -0.2) is 27.4 Å². The summed E-state index contributed by atoms with van der Waals surface area (Å²) in [5, 5.41) is 3.88. The average Bonchev–Trinajstić information content (AvgIpc) is 2.99. The van der Waals surface area contributed by atoms with Gasteiger partial charge in [0.15, 0.2) is 0 Å². The van der Waals surface area contributed by atoms with Crippen LogP contribution in [0.25, 0.3) is 11.0 Å². The lowest BCUT2D eigenvalue weighted by Gasteiger charge is -2.21. The normalized spacial score (nSPS) is 12.5. The van der Waals surface area contributed by atoms with E-state index in [0.717, 1.165) is 16.6 Å². The van der Waals surface area contributed by atoms with Crippen LogP contribution in [-0.2, 0) is 0 Å². The van der Waals surface area contributed by atoms with Gasteiger partial charge < -0.3 is 10.3 Å². The summed E-state index contributed by atoms with van der Waals surface area (Å²) in [6, 6.07) is 7.71. The van der Waals surface area contributed by atoms with E-state index in [2.05, 4.69) is 40.2 Å². The number of carbonyl (C=O) groups is 1. The fourth-order valence-corrected chi connectivity index (χ4v) is 2.78. The summed E-state index contributed by atoms with van der Waals surface area (Å²) in [7, 11) is 0. The lowest BCUT2D eigenvalue weighted by atomic mass is 9.89. The summed E-state index contributed by atoms with van der Waals surface area (Å²) in [6.45, 7) is 4.88. The van der Waals surface area contributed by atoms with Crippen LogP contribution in [0.2, 0.25) is 0 Å². The highest BCUT2D eigenvalue weighted by molar-refractivity contribution is 6.05. The second-order valence-corrected chi connectivity index (χ2v) is 5.95. The first-order chi connectivity index (χ1) is 11.2. The Kier molecular flexibility index (Phi) is 4.37. The largest absolute Gasteiger partial charge is 0.351 e. The maximum atomic E-state index is 12.5. The number of H-pyrrole nitrogens is 1. The van der Waals surface area contributed by atoms with Crippen LogP contribution >= 0.6 is 0 Å². The van der Waals surface area contributed by atoms with E-state index in [1.165, 1.54) is 0 Å². The minimum Gasteiger partial charge on any atom is -0.351 e. The predicted molar refractivity (Wildman–Crippen MR) is 90.2 cm³/mol. The van der Waals surface area contributed by atoms with Crippen molar-refractivity contribution in [2.45, 2.75) is 19.8 Å². The molecule has 0 aliphatic carbocycles. The molecule has 3 heterocycles. The van der Waals surface area contributed by atoms with E-state index in [4.69, 9.17) is 0 Å². The van der Waals surface area contributed by atoms with Gasteiger partial charge in [-0.25, -0.2) is 4.98 Å². The van der Waals surface area contributed by atoms with Crippen molar-refractivity contribution in [3.63, 3.8) is 0 Å². The molecular weight excluding hydrogens is 288 g/mol. The lowest BCUT2D eigenvalue weighted by Crippen LogP contribution is -2.30.